The Morgan fingerprint density at radius 3 is 1.92 bits per heavy atom. The van der Waals surface area contributed by atoms with Crippen molar-refractivity contribution < 1.29 is 14.7 Å². The Hall–Kier alpha value is -1.08. The molecule has 0 unspecified atom stereocenters. The van der Waals surface area contributed by atoms with Gasteiger partial charge in [0, 0.05) is 0 Å². The molecule has 1 rings (SSSR count). The average Bonchev–Trinajstić information content (AvgIpc) is 1.88. The maximum absolute atomic E-state index is 8.34. The molecule has 12 heavy (non-hydrogen) atoms. The molecule has 0 spiro atoms. The van der Waals surface area contributed by atoms with Gasteiger partial charge in [-0.3, -0.25) is 0 Å². The van der Waals surface area contributed by atoms with E-state index in [9.17, 15) is 0 Å². The molecule has 0 radical (unpaired) electrons. The van der Waals surface area contributed by atoms with Crippen LogP contribution in [0.2, 0.25) is 0 Å². The quantitative estimate of drug-likeness (QED) is 0.480. The Labute approximate surface area is 71.3 Å². The summed E-state index contributed by atoms with van der Waals surface area (Å²) < 4.78 is 4.53. The van der Waals surface area contributed by atoms with Crippen molar-refractivity contribution in [1.29, 1.82) is 0 Å². The van der Waals surface area contributed by atoms with Gasteiger partial charge in [0.2, 0.25) is 0 Å². The molecule has 0 aliphatic rings. The van der Waals surface area contributed by atoms with Crippen molar-refractivity contribution in [2.75, 3.05) is 0 Å². The van der Waals surface area contributed by atoms with E-state index in [1.54, 1.807) is 24.3 Å². The van der Waals surface area contributed by atoms with Gasteiger partial charge in [0.05, 0.1) is 0 Å². The van der Waals surface area contributed by atoms with E-state index in [2.05, 4.69) is 4.65 Å². The normalized spacial score (nSPS) is 7.50. The molecule has 0 bridgehead atoms. The van der Waals surface area contributed by atoms with Gasteiger partial charge in [0.25, 0.3) is 0 Å². The Kier molecular flexibility index (Phi) is 7.46. The molecule has 0 aliphatic carbocycles. The van der Waals surface area contributed by atoms with Crippen LogP contribution in [0.15, 0.2) is 30.3 Å². The highest BCUT2D eigenvalue weighted by Crippen LogP contribution is 2.07. The number of benzene rings is 1. The number of hydrogen-bond donors (Lipinski definition) is 4. The van der Waals surface area contributed by atoms with Crippen LogP contribution in [-0.4, -0.2) is 17.4 Å². The molecule has 0 heterocycles. The van der Waals surface area contributed by atoms with Crippen LogP contribution in [0.4, 0.5) is 0 Å². The summed E-state index contributed by atoms with van der Waals surface area (Å²) in [6.45, 7) is 0. The minimum Gasteiger partial charge on any atom is -0.512 e. The van der Waals surface area contributed by atoms with Crippen molar-refractivity contribution in [3.8, 4) is 5.75 Å². The maximum Gasteiger partial charge on any atom is 0.707 e. The topological polar surface area (TPSA) is 120 Å². The summed E-state index contributed by atoms with van der Waals surface area (Å²) >= 11 is 0. The molecule has 5 nitrogen and oxygen atoms in total. The number of para-hydroxylation sites is 1. The van der Waals surface area contributed by atoms with Gasteiger partial charge in [-0.05, 0) is 12.1 Å². The predicted octanol–water partition coefficient (Wildman–Crippen LogP) is 0.359. The summed E-state index contributed by atoms with van der Waals surface area (Å²) in [4.78, 5) is 0. The second-order valence-corrected chi connectivity index (χ2v) is 1.76. The molecular formula is C6H13BN2O3. The second kappa shape index (κ2) is 6.62. The van der Waals surface area contributed by atoms with Crippen molar-refractivity contribution >= 4 is 7.32 Å². The largest absolute Gasteiger partial charge is 0.707 e. The number of hydrogen-bond acceptors (Lipinski definition) is 5. The molecule has 1 aromatic rings. The third-order valence-corrected chi connectivity index (χ3v) is 0.985. The minimum absolute atomic E-state index is 0. The summed E-state index contributed by atoms with van der Waals surface area (Å²) in [5.41, 5.74) is 0. The molecular weight excluding hydrogens is 159 g/mol. The van der Waals surface area contributed by atoms with Gasteiger partial charge in [-0.25, -0.2) is 0 Å². The van der Waals surface area contributed by atoms with E-state index in [1.165, 1.54) is 0 Å². The molecule has 68 valence electrons. The lowest BCUT2D eigenvalue weighted by Crippen LogP contribution is -2.20. The zero-order valence-corrected chi connectivity index (χ0v) is 6.68. The number of rotatable bonds is 2. The van der Waals surface area contributed by atoms with Gasteiger partial charge in [-0.2, -0.15) is 0 Å². The molecule has 8 N–H and O–H groups in total. The van der Waals surface area contributed by atoms with Gasteiger partial charge in [0.15, 0.2) is 0 Å². The third-order valence-electron chi connectivity index (χ3n) is 0.985. The predicted molar refractivity (Wildman–Crippen MR) is 47.3 cm³/mol. The van der Waals surface area contributed by atoms with Crippen LogP contribution < -0.4 is 17.0 Å². The van der Waals surface area contributed by atoms with E-state index in [-0.39, 0.29) is 12.3 Å². The first kappa shape index (κ1) is 13.5. The Bertz CT molecular complexity index is 195. The third kappa shape index (κ3) is 4.70. The van der Waals surface area contributed by atoms with Crippen molar-refractivity contribution in [2.45, 2.75) is 0 Å². The summed E-state index contributed by atoms with van der Waals surface area (Å²) in [6, 6.07) is 8.59. The smallest absolute Gasteiger partial charge is 0.512 e. The summed E-state index contributed by atoms with van der Waals surface area (Å²) in [7, 11) is -1.73. The Balaban J connectivity index is 0. The second-order valence-electron chi connectivity index (χ2n) is 1.76. The summed E-state index contributed by atoms with van der Waals surface area (Å²) in [5.74, 6) is 0.442. The van der Waals surface area contributed by atoms with Gasteiger partial charge in [-0.15, -0.1) is 0 Å². The lowest BCUT2D eigenvalue weighted by atomic mass is 10.2. The summed E-state index contributed by atoms with van der Waals surface area (Å²) in [5, 5.41) is 16.7. The fraction of sp³-hybridized carbons (Fsp3) is 0. The zero-order chi connectivity index (χ0) is 7.40. The van der Waals surface area contributed by atoms with E-state index in [4.69, 9.17) is 10.0 Å². The highest BCUT2D eigenvalue weighted by atomic mass is 16.6. The first-order chi connectivity index (χ1) is 4.79. The van der Waals surface area contributed by atoms with Gasteiger partial charge < -0.3 is 27.0 Å². The van der Waals surface area contributed by atoms with Gasteiger partial charge >= 0.3 is 7.32 Å². The molecule has 1 aromatic carbocycles. The molecule has 0 atom stereocenters. The highest BCUT2D eigenvalue weighted by Gasteiger charge is 2.09. The van der Waals surface area contributed by atoms with Crippen molar-refractivity contribution in [2.24, 2.45) is 0 Å². The van der Waals surface area contributed by atoms with Crippen LogP contribution >= 0.6 is 0 Å². The van der Waals surface area contributed by atoms with E-state index >= 15 is 0 Å². The molecule has 0 amide bonds. The molecule has 0 fully saturated rings. The summed E-state index contributed by atoms with van der Waals surface area (Å²) in [6.07, 6.45) is 0. The lowest BCUT2D eigenvalue weighted by Gasteiger charge is -2.01. The Morgan fingerprint density at radius 2 is 1.50 bits per heavy atom. The van der Waals surface area contributed by atoms with E-state index in [0.29, 0.717) is 5.75 Å². The van der Waals surface area contributed by atoms with Crippen LogP contribution in [-0.2, 0) is 0 Å². The monoisotopic (exact) mass is 172 g/mol. The van der Waals surface area contributed by atoms with Crippen LogP contribution in [0.25, 0.3) is 0 Å². The van der Waals surface area contributed by atoms with Crippen molar-refractivity contribution in [3.05, 3.63) is 30.3 Å². The van der Waals surface area contributed by atoms with Gasteiger partial charge in [0.1, 0.15) is 5.75 Å². The molecule has 0 saturated carbocycles. The average molecular weight is 172 g/mol. The SMILES string of the molecule is N.N.OB(O)Oc1ccccc1. The molecule has 6 heteroatoms. The van der Waals surface area contributed by atoms with Crippen LogP contribution in [0, 0.1) is 0 Å². The lowest BCUT2D eigenvalue weighted by molar-refractivity contribution is 0.288. The van der Waals surface area contributed by atoms with Crippen LogP contribution in [0.1, 0.15) is 0 Å². The zero-order valence-electron chi connectivity index (χ0n) is 6.68. The molecule has 0 saturated heterocycles. The first-order valence-corrected chi connectivity index (χ1v) is 2.87. The minimum atomic E-state index is -1.73. The van der Waals surface area contributed by atoms with E-state index < -0.39 is 7.32 Å². The van der Waals surface area contributed by atoms with Crippen molar-refractivity contribution in [1.82, 2.24) is 12.3 Å². The van der Waals surface area contributed by atoms with Crippen LogP contribution in [0.3, 0.4) is 0 Å². The van der Waals surface area contributed by atoms with Gasteiger partial charge in [-0.1, -0.05) is 18.2 Å². The fourth-order valence-electron chi connectivity index (χ4n) is 0.621. The standard InChI is InChI=1S/C6H7BO3.2H3N/c8-7(9)10-6-4-2-1-3-5-6;;/h1-5,8-9H;2*1H3. The first-order valence-electron chi connectivity index (χ1n) is 2.87. The maximum atomic E-state index is 8.34. The van der Waals surface area contributed by atoms with E-state index in [1.807, 2.05) is 6.07 Å². The fourth-order valence-corrected chi connectivity index (χ4v) is 0.621. The molecule has 0 aliphatic heterocycles. The van der Waals surface area contributed by atoms with Crippen molar-refractivity contribution in [3.63, 3.8) is 0 Å². The van der Waals surface area contributed by atoms with Crippen LogP contribution in [0.5, 0.6) is 5.75 Å². The Morgan fingerprint density at radius 1 is 1.00 bits per heavy atom. The van der Waals surface area contributed by atoms with E-state index in [0.717, 1.165) is 0 Å². The molecule has 0 aromatic heterocycles. The highest BCUT2D eigenvalue weighted by molar-refractivity contribution is 6.33.